The van der Waals surface area contributed by atoms with Crippen LogP contribution in [0.4, 0.5) is 36.8 Å². The average molecular weight is 416 g/mol. The highest BCUT2D eigenvalue weighted by molar-refractivity contribution is 5.89. The summed E-state index contributed by atoms with van der Waals surface area (Å²) in [5.41, 5.74) is -1.80. The summed E-state index contributed by atoms with van der Waals surface area (Å²) in [6.07, 6.45) is -9.01. The van der Waals surface area contributed by atoms with Crippen molar-refractivity contribution in [1.82, 2.24) is 5.32 Å². The molecule has 2 amide bonds. The number of urea groups is 1. The first kappa shape index (κ1) is 21.9. The van der Waals surface area contributed by atoms with Gasteiger partial charge in [-0.2, -0.15) is 26.3 Å². The van der Waals surface area contributed by atoms with Crippen LogP contribution in [0, 0.1) is 11.8 Å². The van der Waals surface area contributed by atoms with E-state index in [9.17, 15) is 31.1 Å². The number of rotatable bonds is 4. The standard InChI is InChI=1S/C19H14F6N2O2/c20-18(21,22)13-5-3-7-15(11-13)27-17(28)26-9-1-2-10-29-16-8-4-6-14(12-16)19(23,24)25/h3-8,11-12H,9-10H2,(H2,26,27,28). The van der Waals surface area contributed by atoms with E-state index in [1.54, 1.807) is 0 Å². The van der Waals surface area contributed by atoms with E-state index in [2.05, 4.69) is 22.5 Å². The molecule has 2 rings (SSSR count). The van der Waals surface area contributed by atoms with Crippen molar-refractivity contribution < 1.29 is 35.9 Å². The van der Waals surface area contributed by atoms with Gasteiger partial charge in [0, 0.05) is 5.69 Å². The van der Waals surface area contributed by atoms with E-state index in [-0.39, 0.29) is 24.6 Å². The molecular weight excluding hydrogens is 402 g/mol. The molecule has 10 heteroatoms. The second-order valence-electron chi connectivity index (χ2n) is 5.55. The highest BCUT2D eigenvalue weighted by Gasteiger charge is 2.31. The van der Waals surface area contributed by atoms with Gasteiger partial charge in [-0.1, -0.05) is 24.0 Å². The SMILES string of the molecule is O=C(NCC#CCOc1cccc(C(F)(F)F)c1)Nc1cccc(C(F)(F)F)c1. The summed E-state index contributed by atoms with van der Waals surface area (Å²) in [4.78, 5) is 11.7. The van der Waals surface area contributed by atoms with Crippen LogP contribution in [0.1, 0.15) is 11.1 Å². The molecule has 0 saturated heterocycles. The Morgan fingerprint density at radius 1 is 0.897 bits per heavy atom. The molecule has 0 heterocycles. The predicted octanol–water partition coefficient (Wildman–Crippen LogP) is 4.93. The van der Waals surface area contributed by atoms with Gasteiger partial charge in [-0.25, -0.2) is 4.79 Å². The number of nitrogens with one attached hydrogen (secondary N) is 2. The van der Waals surface area contributed by atoms with Crippen LogP contribution in [-0.2, 0) is 12.4 Å². The van der Waals surface area contributed by atoms with Gasteiger partial charge in [-0.05, 0) is 36.4 Å². The zero-order chi connectivity index (χ0) is 21.5. The molecule has 0 spiro atoms. The minimum Gasteiger partial charge on any atom is -0.481 e. The van der Waals surface area contributed by atoms with E-state index >= 15 is 0 Å². The number of benzene rings is 2. The molecule has 0 aliphatic heterocycles. The van der Waals surface area contributed by atoms with Gasteiger partial charge in [0.15, 0.2) is 0 Å². The van der Waals surface area contributed by atoms with E-state index in [0.29, 0.717) is 0 Å². The number of alkyl halides is 6. The van der Waals surface area contributed by atoms with E-state index in [1.165, 1.54) is 18.2 Å². The van der Waals surface area contributed by atoms with Gasteiger partial charge in [-0.3, -0.25) is 0 Å². The Kier molecular flexibility index (Phi) is 6.98. The lowest BCUT2D eigenvalue weighted by Gasteiger charge is -2.09. The van der Waals surface area contributed by atoms with Gasteiger partial charge in [-0.15, -0.1) is 0 Å². The van der Waals surface area contributed by atoms with Crippen LogP contribution < -0.4 is 15.4 Å². The minimum atomic E-state index is -4.53. The average Bonchev–Trinajstić information content (AvgIpc) is 2.63. The Morgan fingerprint density at radius 3 is 2.17 bits per heavy atom. The largest absolute Gasteiger partial charge is 0.481 e. The van der Waals surface area contributed by atoms with E-state index in [4.69, 9.17) is 4.74 Å². The van der Waals surface area contributed by atoms with Crippen LogP contribution in [0.15, 0.2) is 48.5 Å². The summed E-state index contributed by atoms with van der Waals surface area (Å²) in [7, 11) is 0. The molecule has 0 atom stereocenters. The number of hydrogen-bond donors (Lipinski definition) is 2. The van der Waals surface area contributed by atoms with Gasteiger partial charge in [0.2, 0.25) is 0 Å². The maximum absolute atomic E-state index is 12.6. The van der Waals surface area contributed by atoms with Crippen LogP contribution in [0.5, 0.6) is 5.75 Å². The molecular formula is C19H14F6N2O2. The first-order valence-corrected chi connectivity index (χ1v) is 8.03. The zero-order valence-electron chi connectivity index (χ0n) is 14.6. The number of ether oxygens (including phenoxy) is 1. The molecule has 0 aliphatic carbocycles. The number of carbonyl (C=O) groups is 1. The van der Waals surface area contributed by atoms with E-state index in [1.807, 2.05) is 0 Å². The third-order valence-electron chi connectivity index (χ3n) is 3.38. The molecule has 29 heavy (non-hydrogen) atoms. The van der Waals surface area contributed by atoms with Gasteiger partial charge in [0.25, 0.3) is 0 Å². The topological polar surface area (TPSA) is 50.4 Å². The van der Waals surface area contributed by atoms with Gasteiger partial charge in [0.1, 0.15) is 12.4 Å². The monoisotopic (exact) mass is 416 g/mol. The fourth-order valence-electron chi connectivity index (χ4n) is 2.07. The van der Waals surface area contributed by atoms with E-state index < -0.39 is 29.5 Å². The molecule has 0 saturated carbocycles. The van der Waals surface area contributed by atoms with Crippen molar-refractivity contribution in [3.05, 3.63) is 59.7 Å². The van der Waals surface area contributed by atoms with Crippen molar-refractivity contribution in [2.45, 2.75) is 12.4 Å². The third-order valence-corrected chi connectivity index (χ3v) is 3.38. The lowest BCUT2D eigenvalue weighted by atomic mass is 10.2. The first-order valence-electron chi connectivity index (χ1n) is 8.03. The summed E-state index contributed by atoms with van der Waals surface area (Å²) in [6.45, 7) is -0.352. The number of halogens is 6. The molecule has 0 unspecified atom stereocenters. The maximum Gasteiger partial charge on any atom is 0.416 e. The molecule has 154 valence electrons. The second-order valence-corrected chi connectivity index (χ2v) is 5.55. The highest BCUT2D eigenvalue weighted by atomic mass is 19.4. The molecule has 0 aliphatic rings. The Morgan fingerprint density at radius 2 is 1.52 bits per heavy atom. The fourth-order valence-corrected chi connectivity index (χ4v) is 2.07. The molecule has 0 bridgehead atoms. The third kappa shape index (κ3) is 7.29. The van der Waals surface area contributed by atoms with Gasteiger partial charge < -0.3 is 15.4 Å². The lowest BCUT2D eigenvalue weighted by molar-refractivity contribution is -0.138. The van der Waals surface area contributed by atoms with Crippen molar-refractivity contribution in [3.8, 4) is 17.6 Å². The molecule has 2 aromatic carbocycles. The van der Waals surface area contributed by atoms with Gasteiger partial charge in [0.05, 0.1) is 17.7 Å². The fraction of sp³-hybridized carbons (Fsp3) is 0.211. The maximum atomic E-state index is 12.6. The van der Waals surface area contributed by atoms with Crippen molar-refractivity contribution in [1.29, 1.82) is 0 Å². The van der Waals surface area contributed by atoms with Crippen molar-refractivity contribution >= 4 is 11.7 Å². The summed E-state index contributed by atoms with van der Waals surface area (Å²) in [6, 6.07) is 7.63. The van der Waals surface area contributed by atoms with Crippen LogP contribution in [0.2, 0.25) is 0 Å². The van der Waals surface area contributed by atoms with Crippen LogP contribution in [0.25, 0.3) is 0 Å². The zero-order valence-corrected chi connectivity index (χ0v) is 14.6. The van der Waals surface area contributed by atoms with Crippen LogP contribution >= 0.6 is 0 Å². The summed E-state index contributed by atoms with van der Waals surface area (Å²) < 4.78 is 80.7. The quantitative estimate of drug-likeness (QED) is 0.549. The summed E-state index contributed by atoms with van der Waals surface area (Å²) in [5.74, 6) is 4.99. The van der Waals surface area contributed by atoms with Crippen molar-refractivity contribution in [2.24, 2.45) is 0 Å². The number of amides is 2. The Bertz CT molecular complexity index is 913. The van der Waals surface area contributed by atoms with E-state index in [0.717, 1.165) is 30.3 Å². The predicted molar refractivity (Wildman–Crippen MR) is 93.2 cm³/mol. The number of anilines is 1. The van der Waals surface area contributed by atoms with Crippen molar-refractivity contribution in [3.63, 3.8) is 0 Å². The molecule has 2 aromatic rings. The molecule has 0 radical (unpaired) electrons. The first-order chi connectivity index (χ1) is 13.6. The van der Waals surface area contributed by atoms with Crippen LogP contribution in [-0.4, -0.2) is 19.2 Å². The Labute approximate surface area is 161 Å². The molecule has 4 nitrogen and oxygen atoms in total. The summed E-state index contributed by atoms with van der Waals surface area (Å²) in [5, 5.41) is 4.54. The second kappa shape index (κ2) is 9.23. The Hall–Kier alpha value is -3.35. The normalized spacial score (nSPS) is 11.2. The number of hydrogen-bond acceptors (Lipinski definition) is 2. The summed E-state index contributed by atoms with van der Waals surface area (Å²) >= 11 is 0. The van der Waals surface area contributed by atoms with Crippen LogP contribution in [0.3, 0.4) is 0 Å². The lowest BCUT2D eigenvalue weighted by Crippen LogP contribution is -2.29. The highest BCUT2D eigenvalue weighted by Crippen LogP contribution is 2.31. The molecule has 2 N–H and O–H groups in total. The Balaban J connectivity index is 1.77. The number of carbonyl (C=O) groups excluding carboxylic acids is 1. The molecule has 0 aromatic heterocycles. The van der Waals surface area contributed by atoms with Crippen molar-refractivity contribution in [2.75, 3.05) is 18.5 Å². The van der Waals surface area contributed by atoms with Gasteiger partial charge >= 0.3 is 18.4 Å². The smallest absolute Gasteiger partial charge is 0.416 e. The molecule has 0 fully saturated rings. The minimum absolute atomic E-state index is 0.00984.